The highest BCUT2D eigenvalue weighted by atomic mass is 79.9. The second-order valence-corrected chi connectivity index (χ2v) is 3.83. The molecule has 0 aromatic carbocycles. The van der Waals surface area contributed by atoms with Gasteiger partial charge in [-0.2, -0.15) is 0 Å². The fourth-order valence-corrected chi connectivity index (χ4v) is 1.57. The lowest BCUT2D eigenvalue weighted by molar-refractivity contribution is 0.101. The summed E-state index contributed by atoms with van der Waals surface area (Å²) < 4.78 is 5.79. The van der Waals surface area contributed by atoms with E-state index in [1.165, 1.54) is 6.26 Å². The van der Waals surface area contributed by atoms with Gasteiger partial charge in [0.15, 0.2) is 5.76 Å². The van der Waals surface area contributed by atoms with Crippen molar-refractivity contribution < 1.29 is 9.21 Å². The minimum absolute atomic E-state index is 0.0689. The Hall–Kier alpha value is -0.830. The quantitative estimate of drug-likeness (QED) is 0.603. The van der Waals surface area contributed by atoms with Crippen molar-refractivity contribution in [1.82, 2.24) is 0 Å². The average molecular weight is 257 g/mol. The fourth-order valence-electron chi connectivity index (χ4n) is 1.17. The van der Waals surface area contributed by atoms with E-state index in [1.54, 1.807) is 12.1 Å². The highest BCUT2D eigenvalue weighted by Crippen LogP contribution is 2.19. The summed E-state index contributed by atoms with van der Waals surface area (Å²) in [7, 11) is 0. The molecule has 1 aromatic rings. The van der Waals surface area contributed by atoms with Gasteiger partial charge in [-0.1, -0.05) is 19.4 Å². The molecule has 0 amide bonds. The predicted molar refractivity (Wildman–Crippen MR) is 59.4 cm³/mol. The second-order valence-electron chi connectivity index (χ2n) is 2.97. The van der Waals surface area contributed by atoms with Gasteiger partial charge >= 0.3 is 0 Å². The molecule has 0 saturated carbocycles. The monoisotopic (exact) mass is 256 g/mol. The normalized spacial score (nSPS) is 9.93. The van der Waals surface area contributed by atoms with E-state index in [-0.39, 0.29) is 5.78 Å². The van der Waals surface area contributed by atoms with Crippen LogP contribution in [0.2, 0.25) is 0 Å². The molecule has 0 spiro atoms. The van der Waals surface area contributed by atoms with E-state index in [1.807, 2.05) is 13.8 Å². The summed E-state index contributed by atoms with van der Waals surface area (Å²) >= 11 is 3.26. The molecule has 14 heavy (non-hydrogen) atoms. The summed E-state index contributed by atoms with van der Waals surface area (Å²) in [4.78, 5) is 11.7. The largest absolute Gasteiger partial charge is 0.460 e. The molecule has 0 saturated heterocycles. The van der Waals surface area contributed by atoms with Gasteiger partial charge in [-0.3, -0.25) is 4.79 Å². The van der Waals surface area contributed by atoms with Crippen LogP contribution in [0.15, 0.2) is 32.9 Å². The van der Waals surface area contributed by atoms with Crippen molar-refractivity contribution in [2.24, 2.45) is 0 Å². The standard InChI is InChI=1S/C11H13BrO2/c1-3-8(4-2)7-10(13)11-9(12)5-6-14-11/h5-7H,3-4H2,1-2H3. The number of rotatable bonds is 4. The number of hydrogen-bond donors (Lipinski definition) is 0. The Morgan fingerprint density at radius 3 is 2.57 bits per heavy atom. The van der Waals surface area contributed by atoms with Crippen molar-refractivity contribution in [3.05, 3.63) is 34.2 Å². The van der Waals surface area contributed by atoms with Gasteiger partial charge in [0, 0.05) is 0 Å². The molecular formula is C11H13BrO2. The van der Waals surface area contributed by atoms with E-state index < -0.39 is 0 Å². The van der Waals surface area contributed by atoms with Crippen LogP contribution in [0.1, 0.15) is 37.2 Å². The van der Waals surface area contributed by atoms with E-state index >= 15 is 0 Å². The van der Waals surface area contributed by atoms with Crippen molar-refractivity contribution in [3.8, 4) is 0 Å². The van der Waals surface area contributed by atoms with E-state index in [4.69, 9.17) is 4.42 Å². The lowest BCUT2D eigenvalue weighted by Crippen LogP contribution is -1.95. The van der Waals surface area contributed by atoms with E-state index in [9.17, 15) is 4.79 Å². The average Bonchev–Trinajstić information content (AvgIpc) is 2.60. The molecule has 0 N–H and O–H groups in total. The number of hydrogen-bond acceptors (Lipinski definition) is 2. The molecule has 0 aliphatic rings. The number of carbonyl (C=O) groups is 1. The lowest BCUT2D eigenvalue weighted by atomic mass is 10.1. The van der Waals surface area contributed by atoms with Crippen LogP contribution in [0.4, 0.5) is 0 Å². The predicted octanol–water partition coefficient (Wildman–Crippen LogP) is 3.97. The topological polar surface area (TPSA) is 30.2 Å². The maximum absolute atomic E-state index is 11.7. The van der Waals surface area contributed by atoms with Crippen LogP contribution in [-0.4, -0.2) is 5.78 Å². The highest BCUT2D eigenvalue weighted by molar-refractivity contribution is 9.10. The van der Waals surface area contributed by atoms with E-state index in [2.05, 4.69) is 15.9 Å². The van der Waals surface area contributed by atoms with Gasteiger partial charge < -0.3 is 4.42 Å². The zero-order chi connectivity index (χ0) is 10.6. The summed E-state index contributed by atoms with van der Waals surface area (Å²) in [6.07, 6.45) is 4.97. The van der Waals surface area contributed by atoms with Gasteiger partial charge in [0.2, 0.25) is 5.78 Å². The van der Waals surface area contributed by atoms with Crippen LogP contribution >= 0.6 is 15.9 Å². The zero-order valence-electron chi connectivity index (χ0n) is 8.34. The Balaban J connectivity index is 2.86. The SMILES string of the molecule is CCC(=CC(=O)c1occc1Br)CC. The molecule has 0 fully saturated rings. The van der Waals surface area contributed by atoms with Gasteiger partial charge in [-0.25, -0.2) is 0 Å². The summed E-state index contributed by atoms with van der Waals surface area (Å²) in [5, 5.41) is 0. The van der Waals surface area contributed by atoms with Crippen LogP contribution in [0.5, 0.6) is 0 Å². The third-order valence-corrected chi connectivity index (χ3v) is 2.71. The van der Waals surface area contributed by atoms with Crippen LogP contribution in [0.25, 0.3) is 0 Å². The molecule has 0 aliphatic carbocycles. The number of ketones is 1. The molecule has 76 valence electrons. The lowest BCUT2D eigenvalue weighted by Gasteiger charge is -1.98. The molecular weight excluding hydrogens is 244 g/mol. The van der Waals surface area contributed by atoms with Crippen LogP contribution < -0.4 is 0 Å². The van der Waals surface area contributed by atoms with Gasteiger partial charge in [0.05, 0.1) is 10.7 Å². The van der Waals surface area contributed by atoms with Crippen molar-refractivity contribution in [3.63, 3.8) is 0 Å². The Bertz CT molecular complexity index is 344. The first-order chi connectivity index (χ1) is 6.69. The molecule has 0 atom stereocenters. The van der Waals surface area contributed by atoms with Gasteiger partial charge in [-0.05, 0) is 40.9 Å². The van der Waals surface area contributed by atoms with Crippen LogP contribution in [-0.2, 0) is 0 Å². The van der Waals surface area contributed by atoms with E-state index in [0.717, 1.165) is 18.4 Å². The van der Waals surface area contributed by atoms with Crippen molar-refractivity contribution >= 4 is 21.7 Å². The van der Waals surface area contributed by atoms with E-state index in [0.29, 0.717) is 10.2 Å². The first kappa shape index (κ1) is 11.2. The van der Waals surface area contributed by atoms with Crippen molar-refractivity contribution in [2.45, 2.75) is 26.7 Å². The number of furan rings is 1. The molecule has 1 rings (SSSR count). The maximum atomic E-state index is 11.7. The summed E-state index contributed by atoms with van der Waals surface area (Å²) in [6.45, 7) is 4.08. The van der Waals surface area contributed by atoms with Crippen LogP contribution in [0, 0.1) is 0 Å². The van der Waals surface area contributed by atoms with Crippen molar-refractivity contribution in [2.75, 3.05) is 0 Å². The molecule has 1 aromatic heterocycles. The maximum Gasteiger partial charge on any atom is 0.222 e. The minimum Gasteiger partial charge on any atom is -0.460 e. The molecule has 0 unspecified atom stereocenters. The third kappa shape index (κ3) is 2.58. The summed E-state index contributed by atoms with van der Waals surface area (Å²) in [6, 6.07) is 1.72. The smallest absolute Gasteiger partial charge is 0.222 e. The number of halogens is 1. The number of carbonyl (C=O) groups excluding carboxylic acids is 1. The second kappa shape index (κ2) is 5.15. The molecule has 0 aliphatic heterocycles. The molecule has 0 bridgehead atoms. The summed E-state index contributed by atoms with van der Waals surface area (Å²) in [5.41, 5.74) is 1.14. The Labute approximate surface area is 92.1 Å². The molecule has 0 radical (unpaired) electrons. The summed E-state index contributed by atoms with van der Waals surface area (Å²) in [5.74, 6) is 0.310. The van der Waals surface area contributed by atoms with Gasteiger partial charge in [-0.15, -0.1) is 0 Å². The molecule has 2 nitrogen and oxygen atoms in total. The zero-order valence-corrected chi connectivity index (χ0v) is 9.93. The minimum atomic E-state index is -0.0689. The first-order valence-electron chi connectivity index (χ1n) is 4.65. The Morgan fingerprint density at radius 2 is 2.14 bits per heavy atom. The van der Waals surface area contributed by atoms with Gasteiger partial charge in [0.25, 0.3) is 0 Å². The molecule has 3 heteroatoms. The van der Waals surface area contributed by atoms with Gasteiger partial charge in [0.1, 0.15) is 0 Å². The Kier molecular flexibility index (Phi) is 4.14. The van der Waals surface area contributed by atoms with Crippen LogP contribution in [0.3, 0.4) is 0 Å². The number of allylic oxidation sites excluding steroid dienone is 2. The third-order valence-electron chi connectivity index (χ3n) is 2.08. The first-order valence-corrected chi connectivity index (χ1v) is 5.45. The molecule has 1 heterocycles. The van der Waals surface area contributed by atoms with Crippen molar-refractivity contribution in [1.29, 1.82) is 0 Å². The fraction of sp³-hybridized carbons (Fsp3) is 0.364. The highest BCUT2D eigenvalue weighted by Gasteiger charge is 2.11. The Morgan fingerprint density at radius 1 is 1.50 bits per heavy atom.